The van der Waals surface area contributed by atoms with Crippen LogP contribution in [-0.2, 0) is 9.47 Å². The summed E-state index contributed by atoms with van der Waals surface area (Å²) >= 11 is 0. The van der Waals surface area contributed by atoms with E-state index in [4.69, 9.17) is 19.7 Å². The topological polar surface area (TPSA) is 140 Å². The fraction of sp³-hybridized carbons (Fsp3) is 0.417. The number of anilines is 2. The van der Waals surface area contributed by atoms with Crippen molar-refractivity contribution in [1.29, 1.82) is 0 Å². The number of aromatic hydroxyl groups is 2. The molecule has 0 amide bonds. The summed E-state index contributed by atoms with van der Waals surface area (Å²) in [6.07, 6.45) is 0. The number of aliphatic hydroxyl groups excluding tert-OH is 2. The van der Waals surface area contributed by atoms with Crippen LogP contribution in [0, 0.1) is 0 Å². The van der Waals surface area contributed by atoms with E-state index in [0.717, 1.165) is 37.6 Å². The highest BCUT2D eigenvalue weighted by Crippen LogP contribution is 2.26. The number of ketones is 2. The minimum absolute atomic E-state index is 0.0898. The van der Waals surface area contributed by atoms with Gasteiger partial charge in [0.1, 0.15) is 24.7 Å². The van der Waals surface area contributed by atoms with Crippen molar-refractivity contribution in [2.75, 3.05) is 75.6 Å². The Kier molecular flexibility index (Phi) is 9.23. The maximum absolute atomic E-state index is 11.3. The first kappa shape index (κ1) is 25.4. The Labute approximate surface area is 197 Å². The van der Waals surface area contributed by atoms with Gasteiger partial charge in [0, 0.05) is 49.7 Å². The lowest BCUT2D eigenvalue weighted by molar-refractivity contribution is 0.0895. The van der Waals surface area contributed by atoms with Crippen molar-refractivity contribution in [2.24, 2.45) is 0 Å². The van der Waals surface area contributed by atoms with Crippen molar-refractivity contribution >= 4 is 22.9 Å². The number of Topliss-reactive ketones (excluding diaryl/α,β-unsaturated/α-hetero) is 2. The van der Waals surface area contributed by atoms with Gasteiger partial charge >= 0.3 is 0 Å². The first-order chi connectivity index (χ1) is 16.4. The molecule has 2 aliphatic heterocycles. The molecule has 0 aromatic heterocycles. The van der Waals surface area contributed by atoms with Crippen LogP contribution >= 0.6 is 0 Å². The number of benzene rings is 2. The zero-order valence-corrected chi connectivity index (χ0v) is 18.9. The van der Waals surface area contributed by atoms with Gasteiger partial charge in [-0.05, 0) is 24.3 Å². The van der Waals surface area contributed by atoms with E-state index in [0.29, 0.717) is 26.4 Å². The molecule has 2 fully saturated rings. The van der Waals surface area contributed by atoms with Crippen LogP contribution in [0.4, 0.5) is 11.4 Å². The average molecular weight is 475 g/mol. The van der Waals surface area contributed by atoms with E-state index in [1.807, 2.05) is 0 Å². The number of hydrogen-bond acceptors (Lipinski definition) is 10. The van der Waals surface area contributed by atoms with E-state index in [1.54, 1.807) is 36.4 Å². The van der Waals surface area contributed by atoms with Crippen molar-refractivity contribution in [1.82, 2.24) is 0 Å². The minimum atomic E-state index is -0.593. The molecule has 4 rings (SSSR count). The summed E-state index contributed by atoms with van der Waals surface area (Å²) in [5, 5.41) is 37.0. The van der Waals surface area contributed by atoms with Crippen molar-refractivity contribution in [2.45, 2.75) is 0 Å². The predicted molar refractivity (Wildman–Crippen MR) is 125 cm³/mol. The molecule has 0 saturated carbocycles. The highest BCUT2D eigenvalue weighted by Gasteiger charge is 2.16. The van der Waals surface area contributed by atoms with E-state index in [2.05, 4.69) is 9.80 Å². The van der Waals surface area contributed by atoms with Crippen molar-refractivity contribution < 1.29 is 39.5 Å². The van der Waals surface area contributed by atoms with Crippen LogP contribution in [0.15, 0.2) is 36.4 Å². The lowest BCUT2D eigenvalue weighted by Gasteiger charge is -2.29. The molecule has 2 heterocycles. The molecule has 184 valence electrons. The molecule has 10 heteroatoms. The van der Waals surface area contributed by atoms with Gasteiger partial charge in [0.25, 0.3) is 0 Å². The molecular formula is C24H30N2O8. The van der Waals surface area contributed by atoms with Crippen LogP contribution in [0.1, 0.15) is 20.7 Å². The number of phenols is 2. The van der Waals surface area contributed by atoms with Gasteiger partial charge in [-0.3, -0.25) is 9.59 Å². The molecular weight excluding hydrogens is 444 g/mol. The highest BCUT2D eigenvalue weighted by molar-refractivity contribution is 6.00. The van der Waals surface area contributed by atoms with Crippen LogP contribution in [0.25, 0.3) is 0 Å². The van der Waals surface area contributed by atoms with Gasteiger partial charge in [0.15, 0.2) is 11.6 Å². The summed E-state index contributed by atoms with van der Waals surface area (Å²) < 4.78 is 10.5. The number of ether oxygens (including phenoxy) is 2. The lowest BCUT2D eigenvalue weighted by atomic mass is 10.1. The molecule has 0 aliphatic carbocycles. The summed E-state index contributed by atoms with van der Waals surface area (Å²) in [5.74, 6) is -1.13. The Balaban J connectivity index is 0.000000191. The van der Waals surface area contributed by atoms with Gasteiger partial charge in [-0.25, -0.2) is 0 Å². The van der Waals surface area contributed by atoms with Crippen LogP contribution in [0.2, 0.25) is 0 Å². The zero-order valence-electron chi connectivity index (χ0n) is 18.9. The Morgan fingerprint density at radius 3 is 1.32 bits per heavy atom. The number of morpholine rings is 2. The molecule has 2 aromatic rings. The standard InChI is InChI=1S/2C12H15NO4/c2*14-8-12(16)10-2-1-9(7-11(10)15)13-3-5-17-6-4-13/h2*1-2,7,14-15H,3-6,8H2. The summed E-state index contributed by atoms with van der Waals surface area (Å²) in [4.78, 5) is 26.7. The summed E-state index contributed by atoms with van der Waals surface area (Å²) in [7, 11) is 0. The fourth-order valence-electron chi connectivity index (χ4n) is 3.72. The number of phenolic OH excluding ortho intramolecular Hbond substituents is 2. The second-order valence-electron chi connectivity index (χ2n) is 7.76. The number of carbonyl (C=O) groups is 2. The monoisotopic (exact) mass is 474 g/mol. The summed E-state index contributed by atoms with van der Waals surface area (Å²) in [5.41, 5.74) is 2.04. The van der Waals surface area contributed by atoms with Crippen molar-refractivity contribution in [3.63, 3.8) is 0 Å². The van der Waals surface area contributed by atoms with E-state index in [1.165, 1.54) is 0 Å². The Morgan fingerprint density at radius 2 is 1.03 bits per heavy atom. The normalized spacial score (nSPS) is 15.9. The molecule has 0 spiro atoms. The van der Waals surface area contributed by atoms with Crippen LogP contribution in [0.5, 0.6) is 11.5 Å². The van der Waals surface area contributed by atoms with E-state index < -0.39 is 24.8 Å². The third-order valence-corrected chi connectivity index (χ3v) is 5.60. The van der Waals surface area contributed by atoms with Crippen molar-refractivity contribution in [3.8, 4) is 11.5 Å². The maximum atomic E-state index is 11.3. The van der Waals surface area contributed by atoms with Crippen LogP contribution in [-0.4, -0.2) is 97.8 Å². The summed E-state index contributed by atoms with van der Waals surface area (Å²) in [6.45, 7) is 4.56. The number of hydrogen-bond donors (Lipinski definition) is 4. The predicted octanol–water partition coefficient (Wildman–Crippen LogP) is 0.808. The molecule has 34 heavy (non-hydrogen) atoms. The molecule has 0 atom stereocenters. The third kappa shape index (κ3) is 6.45. The molecule has 2 aromatic carbocycles. The molecule has 0 bridgehead atoms. The van der Waals surface area contributed by atoms with Crippen LogP contribution < -0.4 is 9.80 Å². The van der Waals surface area contributed by atoms with Gasteiger partial charge in [-0.15, -0.1) is 0 Å². The van der Waals surface area contributed by atoms with Crippen LogP contribution in [0.3, 0.4) is 0 Å². The van der Waals surface area contributed by atoms with E-state index in [9.17, 15) is 19.8 Å². The molecule has 10 nitrogen and oxygen atoms in total. The quantitative estimate of drug-likeness (QED) is 0.445. The average Bonchev–Trinajstić information content (AvgIpc) is 2.89. The Hall–Kier alpha value is -3.18. The van der Waals surface area contributed by atoms with Gasteiger partial charge in [0.2, 0.25) is 0 Å². The molecule has 4 N–H and O–H groups in total. The number of nitrogens with zero attached hydrogens (tertiary/aromatic N) is 2. The van der Waals surface area contributed by atoms with Gasteiger partial charge in [-0.2, -0.15) is 0 Å². The SMILES string of the molecule is O=C(CO)c1ccc(N2CCOCC2)cc1O.O=C(CO)c1ccc(N2CCOCC2)cc1O. The smallest absolute Gasteiger partial charge is 0.191 e. The Bertz CT molecular complexity index is 905. The third-order valence-electron chi connectivity index (χ3n) is 5.60. The van der Waals surface area contributed by atoms with E-state index in [-0.39, 0.29) is 22.6 Å². The second kappa shape index (κ2) is 12.3. The number of carbonyl (C=O) groups excluding carboxylic acids is 2. The number of rotatable bonds is 6. The zero-order chi connectivity index (χ0) is 24.5. The maximum Gasteiger partial charge on any atom is 0.191 e. The first-order valence-corrected chi connectivity index (χ1v) is 11.0. The van der Waals surface area contributed by atoms with Crippen molar-refractivity contribution in [3.05, 3.63) is 47.5 Å². The van der Waals surface area contributed by atoms with Gasteiger partial charge < -0.3 is 39.7 Å². The van der Waals surface area contributed by atoms with Gasteiger partial charge in [-0.1, -0.05) is 0 Å². The van der Waals surface area contributed by atoms with E-state index >= 15 is 0 Å². The first-order valence-electron chi connectivity index (χ1n) is 11.0. The largest absolute Gasteiger partial charge is 0.507 e. The molecule has 2 saturated heterocycles. The lowest BCUT2D eigenvalue weighted by Crippen LogP contribution is -2.36. The molecule has 0 unspecified atom stereocenters. The Morgan fingerprint density at radius 1 is 0.676 bits per heavy atom. The summed E-state index contributed by atoms with van der Waals surface area (Å²) in [6, 6.07) is 9.72. The second-order valence-corrected chi connectivity index (χ2v) is 7.76. The fourth-order valence-corrected chi connectivity index (χ4v) is 3.72. The molecule has 0 radical (unpaired) electrons. The minimum Gasteiger partial charge on any atom is -0.507 e. The highest BCUT2D eigenvalue weighted by atomic mass is 16.5. The molecule has 2 aliphatic rings. The number of aliphatic hydroxyl groups is 2. The van der Waals surface area contributed by atoms with Gasteiger partial charge in [0.05, 0.1) is 37.6 Å².